The SMILES string of the molecule is CC1COC(COC(C)(C)C)C(OC(C)(C)C)C(C)C1. The lowest BCUT2D eigenvalue weighted by molar-refractivity contribution is -0.166. The summed E-state index contributed by atoms with van der Waals surface area (Å²) in [5.41, 5.74) is -0.299. The third-order valence-electron chi connectivity index (χ3n) is 3.47. The molecular formula is C17H34O3. The number of hydrogen-bond acceptors (Lipinski definition) is 3. The molecule has 3 nitrogen and oxygen atoms in total. The van der Waals surface area contributed by atoms with Crippen molar-refractivity contribution in [2.45, 2.75) is 85.2 Å². The second-order valence-corrected chi connectivity index (χ2v) is 8.31. The molecule has 4 unspecified atom stereocenters. The topological polar surface area (TPSA) is 27.7 Å². The molecule has 0 aromatic rings. The van der Waals surface area contributed by atoms with Crippen molar-refractivity contribution < 1.29 is 14.2 Å². The highest BCUT2D eigenvalue weighted by Gasteiger charge is 2.36. The van der Waals surface area contributed by atoms with Crippen molar-refractivity contribution >= 4 is 0 Å². The summed E-state index contributed by atoms with van der Waals surface area (Å²) in [5.74, 6) is 1.07. The van der Waals surface area contributed by atoms with Gasteiger partial charge in [-0.3, -0.25) is 0 Å². The highest BCUT2D eigenvalue weighted by atomic mass is 16.6. The Morgan fingerprint density at radius 2 is 1.60 bits per heavy atom. The summed E-state index contributed by atoms with van der Waals surface area (Å²) in [6.45, 7) is 18.5. The van der Waals surface area contributed by atoms with Gasteiger partial charge in [0.25, 0.3) is 0 Å². The van der Waals surface area contributed by atoms with Crippen molar-refractivity contribution in [2.24, 2.45) is 11.8 Å². The van der Waals surface area contributed by atoms with E-state index >= 15 is 0 Å². The molecule has 0 saturated carbocycles. The number of ether oxygens (including phenoxy) is 3. The predicted octanol–water partition coefficient (Wildman–Crippen LogP) is 4.05. The molecule has 120 valence electrons. The quantitative estimate of drug-likeness (QED) is 0.783. The maximum Gasteiger partial charge on any atom is 0.107 e. The molecule has 4 atom stereocenters. The molecule has 1 fully saturated rings. The van der Waals surface area contributed by atoms with Gasteiger partial charge in [0.1, 0.15) is 6.10 Å². The van der Waals surface area contributed by atoms with Crippen LogP contribution in [-0.2, 0) is 14.2 Å². The van der Waals surface area contributed by atoms with E-state index in [1.807, 2.05) is 0 Å². The van der Waals surface area contributed by atoms with Gasteiger partial charge in [0.05, 0.1) is 23.9 Å². The van der Waals surface area contributed by atoms with Crippen LogP contribution in [0, 0.1) is 11.8 Å². The van der Waals surface area contributed by atoms with Crippen molar-refractivity contribution in [3.8, 4) is 0 Å². The Balaban J connectivity index is 2.77. The van der Waals surface area contributed by atoms with Crippen molar-refractivity contribution in [2.75, 3.05) is 13.2 Å². The Labute approximate surface area is 125 Å². The lowest BCUT2D eigenvalue weighted by Gasteiger charge is -2.36. The lowest BCUT2D eigenvalue weighted by Crippen LogP contribution is -2.44. The Hall–Kier alpha value is -0.120. The van der Waals surface area contributed by atoms with Crippen molar-refractivity contribution in [1.29, 1.82) is 0 Å². The van der Waals surface area contributed by atoms with Gasteiger partial charge in [-0.25, -0.2) is 0 Å². The van der Waals surface area contributed by atoms with E-state index in [-0.39, 0.29) is 23.4 Å². The minimum atomic E-state index is -0.157. The van der Waals surface area contributed by atoms with Crippen LogP contribution in [0.4, 0.5) is 0 Å². The molecule has 0 amide bonds. The molecule has 0 spiro atoms. The summed E-state index contributed by atoms with van der Waals surface area (Å²) in [7, 11) is 0. The molecule has 0 bridgehead atoms. The molecule has 0 radical (unpaired) electrons. The summed E-state index contributed by atoms with van der Waals surface area (Å²) in [5, 5.41) is 0. The zero-order chi connectivity index (χ0) is 15.6. The zero-order valence-electron chi connectivity index (χ0n) is 14.7. The van der Waals surface area contributed by atoms with Crippen molar-refractivity contribution in [1.82, 2.24) is 0 Å². The molecule has 0 aromatic heterocycles. The smallest absolute Gasteiger partial charge is 0.107 e. The van der Waals surface area contributed by atoms with Crippen molar-refractivity contribution in [3.63, 3.8) is 0 Å². The van der Waals surface area contributed by atoms with E-state index in [9.17, 15) is 0 Å². The zero-order valence-corrected chi connectivity index (χ0v) is 14.7. The van der Waals surface area contributed by atoms with E-state index in [2.05, 4.69) is 55.4 Å². The van der Waals surface area contributed by atoms with E-state index in [0.717, 1.165) is 13.0 Å². The van der Waals surface area contributed by atoms with E-state index in [0.29, 0.717) is 18.4 Å². The Morgan fingerprint density at radius 3 is 2.10 bits per heavy atom. The molecule has 0 N–H and O–H groups in total. The van der Waals surface area contributed by atoms with Gasteiger partial charge in [0, 0.05) is 6.61 Å². The molecule has 1 aliphatic heterocycles. The van der Waals surface area contributed by atoms with Gasteiger partial charge >= 0.3 is 0 Å². The molecule has 1 heterocycles. The first kappa shape index (κ1) is 17.9. The highest BCUT2D eigenvalue weighted by molar-refractivity contribution is 4.84. The minimum absolute atomic E-state index is 0.0217. The standard InChI is InChI=1S/C17H34O3/c1-12-9-13(2)15(20-17(6,7)8)14(18-10-12)11-19-16(3,4)5/h12-15H,9-11H2,1-8H3. The van der Waals surface area contributed by atoms with Gasteiger partial charge < -0.3 is 14.2 Å². The second-order valence-electron chi connectivity index (χ2n) is 8.31. The van der Waals surface area contributed by atoms with E-state index in [1.54, 1.807) is 0 Å². The van der Waals surface area contributed by atoms with Crippen LogP contribution < -0.4 is 0 Å². The van der Waals surface area contributed by atoms with E-state index in [4.69, 9.17) is 14.2 Å². The first-order valence-electron chi connectivity index (χ1n) is 7.91. The molecule has 1 aliphatic rings. The van der Waals surface area contributed by atoms with Crippen LogP contribution in [0.15, 0.2) is 0 Å². The first-order valence-corrected chi connectivity index (χ1v) is 7.91. The summed E-state index contributed by atoms with van der Waals surface area (Å²) in [6, 6.07) is 0. The largest absolute Gasteiger partial charge is 0.373 e. The Kier molecular flexibility index (Phi) is 6.06. The monoisotopic (exact) mass is 286 g/mol. The van der Waals surface area contributed by atoms with E-state index in [1.165, 1.54) is 0 Å². The number of rotatable bonds is 3. The maximum absolute atomic E-state index is 6.29. The lowest BCUT2D eigenvalue weighted by atomic mass is 9.91. The normalized spacial score (nSPS) is 33.0. The van der Waals surface area contributed by atoms with Gasteiger partial charge in [-0.2, -0.15) is 0 Å². The van der Waals surface area contributed by atoms with Gasteiger partial charge in [0.15, 0.2) is 0 Å². The first-order chi connectivity index (χ1) is 8.98. The molecule has 20 heavy (non-hydrogen) atoms. The number of hydrogen-bond donors (Lipinski definition) is 0. The fraction of sp³-hybridized carbons (Fsp3) is 1.00. The van der Waals surface area contributed by atoms with Gasteiger partial charge in [-0.05, 0) is 59.8 Å². The third-order valence-corrected chi connectivity index (χ3v) is 3.47. The summed E-state index contributed by atoms with van der Waals surface area (Å²) in [4.78, 5) is 0. The molecular weight excluding hydrogens is 252 g/mol. The Morgan fingerprint density at radius 1 is 1.00 bits per heavy atom. The molecule has 1 saturated heterocycles. The fourth-order valence-corrected chi connectivity index (χ4v) is 2.66. The maximum atomic E-state index is 6.29. The summed E-state index contributed by atoms with van der Waals surface area (Å²) in [6.07, 6.45) is 1.27. The van der Waals surface area contributed by atoms with Crippen molar-refractivity contribution in [3.05, 3.63) is 0 Å². The minimum Gasteiger partial charge on any atom is -0.373 e. The fourth-order valence-electron chi connectivity index (χ4n) is 2.66. The van der Waals surface area contributed by atoms with Crippen LogP contribution in [0.1, 0.15) is 61.8 Å². The Bertz CT molecular complexity index is 288. The van der Waals surface area contributed by atoms with Crippen LogP contribution in [-0.4, -0.2) is 36.6 Å². The predicted molar refractivity (Wildman–Crippen MR) is 83.0 cm³/mol. The summed E-state index contributed by atoms with van der Waals surface area (Å²) >= 11 is 0. The van der Waals surface area contributed by atoms with Crippen LogP contribution in [0.2, 0.25) is 0 Å². The van der Waals surface area contributed by atoms with Crippen LogP contribution in [0.3, 0.4) is 0 Å². The van der Waals surface area contributed by atoms with Crippen LogP contribution in [0.25, 0.3) is 0 Å². The second kappa shape index (κ2) is 6.76. The molecule has 0 aliphatic carbocycles. The average molecular weight is 286 g/mol. The van der Waals surface area contributed by atoms with Gasteiger partial charge in [-0.1, -0.05) is 13.8 Å². The van der Waals surface area contributed by atoms with Gasteiger partial charge in [-0.15, -0.1) is 0 Å². The average Bonchev–Trinajstić information content (AvgIpc) is 2.34. The molecule has 0 aromatic carbocycles. The van der Waals surface area contributed by atoms with E-state index < -0.39 is 0 Å². The van der Waals surface area contributed by atoms with Gasteiger partial charge in [0.2, 0.25) is 0 Å². The molecule has 1 rings (SSSR count). The van der Waals surface area contributed by atoms with Crippen LogP contribution >= 0.6 is 0 Å². The van der Waals surface area contributed by atoms with Crippen LogP contribution in [0.5, 0.6) is 0 Å². The summed E-state index contributed by atoms with van der Waals surface area (Å²) < 4.78 is 18.3. The highest BCUT2D eigenvalue weighted by Crippen LogP contribution is 2.30. The molecule has 3 heteroatoms. The third kappa shape index (κ3) is 6.55.